The summed E-state index contributed by atoms with van der Waals surface area (Å²) in [6.45, 7) is 5.47. The molecule has 1 N–H and O–H groups in total. The lowest BCUT2D eigenvalue weighted by molar-refractivity contribution is -0.870. The maximum atomic E-state index is 12.3. The summed E-state index contributed by atoms with van der Waals surface area (Å²) in [4.78, 5) is 22.4. The van der Waals surface area contributed by atoms with E-state index in [0.29, 0.717) is 24.1 Å². The first-order valence-corrected chi connectivity index (χ1v) is 22.9. The average molecular weight is 747 g/mol. The van der Waals surface area contributed by atoms with Crippen molar-refractivity contribution in [1.82, 2.24) is 0 Å². The van der Waals surface area contributed by atoms with Gasteiger partial charge in [-0.1, -0.05) is 161 Å². The van der Waals surface area contributed by atoms with Gasteiger partial charge in [0, 0.05) is 13.0 Å². The van der Waals surface area contributed by atoms with Gasteiger partial charge >= 0.3 is 13.8 Å². The number of hydrogen-bond acceptors (Lipinski definition) is 6. The van der Waals surface area contributed by atoms with Crippen LogP contribution in [0.1, 0.15) is 194 Å². The highest BCUT2D eigenvalue weighted by Gasteiger charge is 2.26. The third kappa shape index (κ3) is 40.3. The number of hydrogen-bond donors (Lipinski definition) is 1. The number of phosphoric acid groups is 1. The number of ether oxygens (including phenoxy) is 2. The molecule has 0 aliphatic carbocycles. The summed E-state index contributed by atoms with van der Waals surface area (Å²) in [5.41, 5.74) is 0. The Hall–Kier alpha value is -0.760. The first-order valence-electron chi connectivity index (χ1n) is 21.4. The van der Waals surface area contributed by atoms with Crippen LogP contribution in [-0.2, 0) is 27.9 Å². The van der Waals surface area contributed by atoms with Crippen LogP contribution in [0.3, 0.4) is 0 Å². The molecule has 0 radical (unpaired) electrons. The topological polar surface area (TPSA) is 91.3 Å². The minimum absolute atomic E-state index is 0.0906. The van der Waals surface area contributed by atoms with Gasteiger partial charge in [-0.05, 0) is 38.5 Å². The standard InChI is InChI=1S/C42H84NO7P/c1-6-8-10-11-12-13-14-15-16-17-18-19-20-21-22-23-24-25-26-27-28-29-30-31-32-34-37-47-39-41(50-42(44)35-33-9-7-2)40-49-51(45,46)48-38-36-43(3,4)5/h17-18,41H,6-16,19-40H2,1-5H3/p+1/b18-17-. The molecule has 304 valence electrons. The highest BCUT2D eigenvalue weighted by Crippen LogP contribution is 2.43. The van der Waals surface area contributed by atoms with Crippen LogP contribution in [0.25, 0.3) is 0 Å². The van der Waals surface area contributed by atoms with Crippen LogP contribution in [0.15, 0.2) is 12.2 Å². The molecule has 9 heteroatoms. The van der Waals surface area contributed by atoms with Crippen molar-refractivity contribution in [2.24, 2.45) is 0 Å². The summed E-state index contributed by atoms with van der Waals surface area (Å²) in [5, 5.41) is 0. The zero-order valence-corrected chi connectivity index (χ0v) is 35.3. The molecule has 2 unspecified atom stereocenters. The monoisotopic (exact) mass is 747 g/mol. The average Bonchev–Trinajstić information content (AvgIpc) is 3.07. The number of carbonyl (C=O) groups is 1. The SMILES string of the molecule is CCCCCCCCCC/C=C\CCCCCCCCCCCCCCCCOCC(COP(=O)(O)OCC[N+](C)(C)C)OC(=O)CCCCC. The number of esters is 1. The van der Waals surface area contributed by atoms with E-state index >= 15 is 0 Å². The lowest BCUT2D eigenvalue weighted by Gasteiger charge is -2.24. The number of rotatable bonds is 40. The molecule has 0 aliphatic heterocycles. The molecular weight excluding hydrogens is 661 g/mol. The van der Waals surface area contributed by atoms with Gasteiger partial charge in [0.1, 0.15) is 19.3 Å². The van der Waals surface area contributed by atoms with Crippen LogP contribution in [-0.4, -0.2) is 75.6 Å². The molecule has 0 bridgehead atoms. The Morgan fingerprint density at radius 1 is 0.588 bits per heavy atom. The maximum absolute atomic E-state index is 12.3. The van der Waals surface area contributed by atoms with Gasteiger partial charge in [-0.2, -0.15) is 0 Å². The predicted molar refractivity (Wildman–Crippen MR) is 215 cm³/mol. The molecule has 0 aliphatic rings. The quantitative estimate of drug-likeness (QED) is 0.0219. The van der Waals surface area contributed by atoms with Gasteiger partial charge in [0.2, 0.25) is 0 Å². The summed E-state index contributed by atoms with van der Waals surface area (Å²) >= 11 is 0. The fourth-order valence-corrected chi connectivity index (χ4v) is 6.70. The van der Waals surface area contributed by atoms with E-state index in [9.17, 15) is 14.3 Å². The predicted octanol–water partition coefficient (Wildman–Crippen LogP) is 12.3. The van der Waals surface area contributed by atoms with E-state index < -0.39 is 13.9 Å². The molecule has 8 nitrogen and oxygen atoms in total. The molecule has 0 rings (SSSR count). The molecule has 0 saturated heterocycles. The van der Waals surface area contributed by atoms with Gasteiger partial charge in [-0.3, -0.25) is 13.8 Å². The summed E-state index contributed by atoms with van der Waals surface area (Å²) < 4.78 is 34.5. The minimum atomic E-state index is -4.25. The molecule has 0 saturated carbocycles. The molecule has 0 aromatic carbocycles. The Kier molecular flexibility index (Phi) is 35.7. The molecule has 0 aromatic rings. The first-order chi connectivity index (χ1) is 24.6. The third-order valence-electron chi connectivity index (χ3n) is 9.33. The summed E-state index contributed by atoms with van der Waals surface area (Å²) in [6, 6.07) is 0. The number of quaternary nitrogens is 1. The Balaban J connectivity index is 3.75. The van der Waals surface area contributed by atoms with Gasteiger partial charge in [-0.25, -0.2) is 4.57 Å². The Morgan fingerprint density at radius 3 is 1.49 bits per heavy atom. The lowest BCUT2D eigenvalue weighted by Crippen LogP contribution is -2.37. The second kappa shape index (κ2) is 36.2. The molecule has 2 atom stereocenters. The van der Waals surface area contributed by atoms with Crippen molar-refractivity contribution in [2.45, 2.75) is 200 Å². The molecule has 0 spiro atoms. The van der Waals surface area contributed by atoms with Crippen molar-refractivity contribution in [3.8, 4) is 0 Å². The minimum Gasteiger partial charge on any atom is -0.457 e. The van der Waals surface area contributed by atoms with Crippen molar-refractivity contribution in [3.05, 3.63) is 12.2 Å². The van der Waals surface area contributed by atoms with Crippen molar-refractivity contribution in [2.75, 3.05) is 54.1 Å². The van der Waals surface area contributed by atoms with E-state index in [1.165, 1.54) is 141 Å². The number of unbranched alkanes of at least 4 members (excludes halogenated alkanes) is 24. The Labute approximate surface area is 316 Å². The van der Waals surface area contributed by atoms with Crippen LogP contribution in [0.5, 0.6) is 0 Å². The summed E-state index contributed by atoms with van der Waals surface area (Å²) in [7, 11) is 1.67. The van der Waals surface area contributed by atoms with Gasteiger partial charge < -0.3 is 18.9 Å². The van der Waals surface area contributed by atoms with Gasteiger partial charge in [0.15, 0.2) is 0 Å². The third-order valence-corrected chi connectivity index (χ3v) is 10.3. The highest BCUT2D eigenvalue weighted by atomic mass is 31.2. The summed E-state index contributed by atoms with van der Waals surface area (Å²) in [5.74, 6) is -0.336. The second-order valence-electron chi connectivity index (χ2n) is 15.7. The van der Waals surface area contributed by atoms with Crippen LogP contribution in [0.2, 0.25) is 0 Å². The molecule has 0 fully saturated rings. The fourth-order valence-electron chi connectivity index (χ4n) is 5.96. The van der Waals surface area contributed by atoms with E-state index in [-0.39, 0.29) is 25.8 Å². The van der Waals surface area contributed by atoms with Gasteiger partial charge in [0.25, 0.3) is 0 Å². The van der Waals surface area contributed by atoms with E-state index in [4.69, 9.17) is 18.5 Å². The Bertz CT molecular complexity index is 833. The highest BCUT2D eigenvalue weighted by molar-refractivity contribution is 7.47. The van der Waals surface area contributed by atoms with Gasteiger partial charge in [-0.15, -0.1) is 0 Å². The first kappa shape index (κ1) is 50.2. The van der Waals surface area contributed by atoms with E-state index in [2.05, 4.69) is 26.0 Å². The number of phosphoric ester groups is 1. The number of nitrogens with zero attached hydrogens (tertiary/aromatic N) is 1. The van der Waals surface area contributed by atoms with E-state index in [1.54, 1.807) is 0 Å². The molecular formula is C42H85NO7P+. The molecule has 0 aromatic heterocycles. The van der Waals surface area contributed by atoms with E-state index in [0.717, 1.165) is 32.1 Å². The number of allylic oxidation sites excluding steroid dienone is 2. The number of carbonyl (C=O) groups excluding carboxylic acids is 1. The van der Waals surface area contributed by atoms with Crippen LogP contribution in [0, 0.1) is 0 Å². The van der Waals surface area contributed by atoms with Crippen LogP contribution in [0.4, 0.5) is 0 Å². The summed E-state index contributed by atoms with van der Waals surface area (Å²) in [6.07, 6.45) is 39.1. The van der Waals surface area contributed by atoms with Crippen molar-refractivity contribution < 1.29 is 37.3 Å². The Morgan fingerprint density at radius 2 is 1.02 bits per heavy atom. The zero-order valence-electron chi connectivity index (χ0n) is 34.4. The number of likely N-dealkylation sites (N-methyl/N-ethyl adjacent to an activating group) is 1. The molecule has 51 heavy (non-hydrogen) atoms. The molecule has 0 amide bonds. The van der Waals surface area contributed by atoms with Crippen molar-refractivity contribution >= 4 is 13.8 Å². The lowest BCUT2D eigenvalue weighted by atomic mass is 10.0. The van der Waals surface area contributed by atoms with Gasteiger partial charge in [0.05, 0.1) is 34.4 Å². The molecule has 0 heterocycles. The van der Waals surface area contributed by atoms with E-state index in [1.807, 2.05) is 21.1 Å². The van der Waals surface area contributed by atoms with Crippen molar-refractivity contribution in [1.29, 1.82) is 0 Å². The zero-order chi connectivity index (χ0) is 37.7. The maximum Gasteiger partial charge on any atom is 0.472 e. The van der Waals surface area contributed by atoms with Crippen LogP contribution < -0.4 is 0 Å². The normalized spacial score (nSPS) is 13.9. The van der Waals surface area contributed by atoms with Crippen LogP contribution >= 0.6 is 7.82 Å². The van der Waals surface area contributed by atoms with Crippen molar-refractivity contribution in [3.63, 3.8) is 0 Å². The fraction of sp³-hybridized carbons (Fsp3) is 0.929. The smallest absolute Gasteiger partial charge is 0.457 e. The second-order valence-corrected chi connectivity index (χ2v) is 17.2. The largest absolute Gasteiger partial charge is 0.472 e.